The van der Waals surface area contributed by atoms with Crippen molar-refractivity contribution in [3.8, 4) is 11.5 Å². The molecule has 0 aromatic heterocycles. The quantitative estimate of drug-likeness (QED) is 0.510. The Balaban J connectivity index is 0.000000390. The molecule has 20 heavy (non-hydrogen) atoms. The normalized spacial score (nSPS) is 9.25. The van der Waals surface area contributed by atoms with Crippen LogP contribution in [0.4, 0.5) is 11.4 Å². The number of nitrogen functional groups attached to an aromatic ring is 1. The van der Waals surface area contributed by atoms with E-state index in [0.29, 0.717) is 18.0 Å². The first kappa shape index (κ1) is 15.3. The highest BCUT2D eigenvalue weighted by Gasteiger charge is 2.03. The molecule has 0 saturated heterocycles. The highest BCUT2D eigenvalue weighted by atomic mass is 16.6. The third kappa shape index (κ3) is 5.26. The van der Waals surface area contributed by atoms with Gasteiger partial charge in [-0.3, -0.25) is 10.1 Å². The molecule has 0 saturated carbocycles. The highest BCUT2D eigenvalue weighted by molar-refractivity contribution is 5.42. The molecule has 0 fully saturated rings. The van der Waals surface area contributed by atoms with E-state index in [-0.39, 0.29) is 12.9 Å². The molecule has 0 aliphatic heterocycles. The second-order valence-electron chi connectivity index (χ2n) is 3.78. The number of phenolic OH excluding ortho intramolecular Hbond substituents is 1. The fourth-order valence-corrected chi connectivity index (χ4v) is 1.36. The fourth-order valence-electron chi connectivity index (χ4n) is 1.36. The van der Waals surface area contributed by atoms with Gasteiger partial charge in [-0.15, -0.1) is 0 Å². The summed E-state index contributed by atoms with van der Waals surface area (Å²) < 4.78 is 5.12. The summed E-state index contributed by atoms with van der Waals surface area (Å²) in [5.41, 5.74) is 5.97. The number of ether oxygens (including phenoxy) is 1. The minimum atomic E-state index is -0.435. The Morgan fingerprint density at radius 2 is 1.95 bits per heavy atom. The van der Waals surface area contributed by atoms with Crippen molar-refractivity contribution in [1.82, 2.24) is 0 Å². The molecular formula is C14H17N2O4+. The predicted molar refractivity (Wildman–Crippen MR) is 77.9 cm³/mol. The number of phenols is 1. The largest absolute Gasteiger partial charge is 1.00 e. The van der Waals surface area contributed by atoms with E-state index in [4.69, 9.17) is 15.6 Å². The molecule has 0 spiro atoms. The fraction of sp³-hybridized carbons (Fsp3) is 0.143. The first-order chi connectivity index (χ1) is 9.52. The van der Waals surface area contributed by atoms with Crippen LogP contribution in [0.3, 0.4) is 0 Å². The third-order valence-electron chi connectivity index (χ3n) is 2.23. The molecule has 0 heterocycles. The molecule has 2 aromatic carbocycles. The molecule has 6 heteroatoms. The smallest absolute Gasteiger partial charge is 0.508 e. The van der Waals surface area contributed by atoms with Crippen LogP contribution in [0, 0.1) is 10.1 Å². The Labute approximate surface area is 118 Å². The maximum absolute atomic E-state index is 10.2. The van der Waals surface area contributed by atoms with Crippen molar-refractivity contribution in [2.45, 2.75) is 6.92 Å². The lowest BCUT2D eigenvalue weighted by Gasteiger charge is -2.00. The topological polar surface area (TPSA) is 98.6 Å². The van der Waals surface area contributed by atoms with E-state index in [1.54, 1.807) is 30.3 Å². The lowest BCUT2D eigenvalue weighted by Crippen LogP contribution is -1.92. The SMILES string of the molecule is CCOc1ccc([N+](=O)[O-])cc1.Nc1cccc(O)c1.[H+]. The summed E-state index contributed by atoms with van der Waals surface area (Å²) in [6.45, 7) is 2.43. The molecule has 0 bridgehead atoms. The van der Waals surface area contributed by atoms with Gasteiger partial charge in [0.25, 0.3) is 5.69 Å². The lowest BCUT2D eigenvalue weighted by atomic mass is 10.3. The second-order valence-corrected chi connectivity index (χ2v) is 3.78. The number of rotatable bonds is 3. The zero-order chi connectivity index (χ0) is 15.0. The van der Waals surface area contributed by atoms with Gasteiger partial charge < -0.3 is 15.6 Å². The molecule has 0 atom stereocenters. The number of nitro benzene ring substituents is 1. The van der Waals surface area contributed by atoms with Crippen LogP contribution in [-0.2, 0) is 0 Å². The van der Waals surface area contributed by atoms with Crippen molar-refractivity contribution in [3.63, 3.8) is 0 Å². The van der Waals surface area contributed by atoms with Crippen LogP contribution < -0.4 is 10.5 Å². The molecule has 0 radical (unpaired) electrons. The Kier molecular flexibility index (Phi) is 5.83. The molecule has 0 aliphatic carbocycles. The van der Waals surface area contributed by atoms with Gasteiger partial charge in [-0.2, -0.15) is 0 Å². The summed E-state index contributed by atoms with van der Waals surface area (Å²) in [5, 5.41) is 19.0. The number of nitrogens with two attached hydrogens (primary N) is 1. The molecule has 6 nitrogen and oxygen atoms in total. The van der Waals surface area contributed by atoms with Crippen LogP contribution in [0.5, 0.6) is 11.5 Å². The monoisotopic (exact) mass is 277 g/mol. The Hall–Kier alpha value is -2.76. The standard InChI is InChI=1S/C8H9NO3.C6H7NO/c1-2-12-8-5-3-7(4-6-8)9(10)11;7-5-2-1-3-6(8)4-5/h3-6H,2H2,1H3;1-4,8H,7H2/p+1. The van der Waals surface area contributed by atoms with Gasteiger partial charge in [-0.25, -0.2) is 0 Å². The zero-order valence-electron chi connectivity index (χ0n) is 12.0. The van der Waals surface area contributed by atoms with E-state index in [9.17, 15) is 10.1 Å². The van der Waals surface area contributed by atoms with Crippen molar-refractivity contribution in [3.05, 3.63) is 58.6 Å². The first-order valence-corrected chi connectivity index (χ1v) is 5.94. The summed E-state index contributed by atoms with van der Waals surface area (Å²) >= 11 is 0. The van der Waals surface area contributed by atoms with E-state index < -0.39 is 4.92 Å². The second kappa shape index (κ2) is 7.63. The first-order valence-electron chi connectivity index (χ1n) is 5.94. The number of hydrogen-bond acceptors (Lipinski definition) is 5. The maximum atomic E-state index is 10.2. The van der Waals surface area contributed by atoms with Crippen LogP contribution in [-0.4, -0.2) is 16.6 Å². The predicted octanol–water partition coefficient (Wildman–Crippen LogP) is 3.08. The minimum absolute atomic E-state index is 0. The third-order valence-corrected chi connectivity index (χ3v) is 2.23. The van der Waals surface area contributed by atoms with Gasteiger partial charge in [0, 0.05) is 23.9 Å². The zero-order valence-corrected chi connectivity index (χ0v) is 11.0. The summed E-state index contributed by atoms with van der Waals surface area (Å²) in [6, 6.07) is 12.5. The molecule has 106 valence electrons. The van der Waals surface area contributed by atoms with E-state index >= 15 is 0 Å². The Bertz CT molecular complexity index is 544. The number of nitrogens with zero attached hydrogens (tertiary/aromatic N) is 1. The van der Waals surface area contributed by atoms with Gasteiger partial charge in [0.1, 0.15) is 11.5 Å². The number of hydrogen-bond donors (Lipinski definition) is 2. The highest BCUT2D eigenvalue weighted by Crippen LogP contribution is 2.16. The van der Waals surface area contributed by atoms with Crippen LogP contribution in [0.2, 0.25) is 0 Å². The van der Waals surface area contributed by atoms with Gasteiger partial charge in [-0.05, 0) is 31.2 Å². The molecule has 3 N–H and O–H groups in total. The Morgan fingerprint density at radius 1 is 1.30 bits per heavy atom. The summed E-state index contributed by atoms with van der Waals surface area (Å²) in [6.07, 6.45) is 0. The van der Waals surface area contributed by atoms with E-state index in [1.165, 1.54) is 18.2 Å². The van der Waals surface area contributed by atoms with Crippen LogP contribution in [0.1, 0.15) is 8.35 Å². The summed E-state index contributed by atoms with van der Waals surface area (Å²) in [4.78, 5) is 9.80. The van der Waals surface area contributed by atoms with Gasteiger partial charge in [-0.1, -0.05) is 6.07 Å². The summed E-state index contributed by atoms with van der Waals surface area (Å²) in [7, 11) is 0. The molecule has 2 aromatic rings. The number of aromatic hydroxyl groups is 1. The van der Waals surface area contributed by atoms with Gasteiger partial charge >= 0.3 is 1.43 Å². The average molecular weight is 277 g/mol. The lowest BCUT2D eigenvalue weighted by molar-refractivity contribution is -0.384. The van der Waals surface area contributed by atoms with E-state index in [1.807, 2.05) is 6.92 Å². The molecule has 2 rings (SSSR count). The van der Waals surface area contributed by atoms with E-state index in [0.717, 1.165) is 0 Å². The molecule has 0 unspecified atom stereocenters. The number of non-ortho nitro benzene ring substituents is 1. The van der Waals surface area contributed by atoms with Crippen LogP contribution in [0.25, 0.3) is 0 Å². The number of nitro groups is 1. The van der Waals surface area contributed by atoms with Crippen molar-refractivity contribution < 1.29 is 16.2 Å². The van der Waals surface area contributed by atoms with Gasteiger partial charge in [0.15, 0.2) is 0 Å². The molecule has 0 amide bonds. The maximum Gasteiger partial charge on any atom is 1.00 e. The van der Waals surface area contributed by atoms with Crippen LogP contribution >= 0.6 is 0 Å². The van der Waals surface area contributed by atoms with Crippen molar-refractivity contribution in [2.75, 3.05) is 12.3 Å². The number of benzene rings is 2. The van der Waals surface area contributed by atoms with Crippen molar-refractivity contribution >= 4 is 11.4 Å². The molecular weight excluding hydrogens is 260 g/mol. The summed E-state index contributed by atoms with van der Waals surface area (Å²) in [5.74, 6) is 0.869. The van der Waals surface area contributed by atoms with Gasteiger partial charge in [0.2, 0.25) is 0 Å². The van der Waals surface area contributed by atoms with Crippen molar-refractivity contribution in [1.29, 1.82) is 0 Å². The van der Waals surface area contributed by atoms with Gasteiger partial charge in [0.05, 0.1) is 11.5 Å². The number of anilines is 1. The molecule has 0 aliphatic rings. The van der Waals surface area contributed by atoms with E-state index in [2.05, 4.69) is 0 Å². The van der Waals surface area contributed by atoms with Crippen LogP contribution in [0.15, 0.2) is 48.5 Å². The average Bonchev–Trinajstić information content (AvgIpc) is 2.40. The Morgan fingerprint density at radius 3 is 2.35 bits per heavy atom. The van der Waals surface area contributed by atoms with Crippen molar-refractivity contribution in [2.24, 2.45) is 0 Å². The minimum Gasteiger partial charge on any atom is -0.508 e.